The van der Waals surface area contributed by atoms with Crippen molar-refractivity contribution in [1.82, 2.24) is 14.8 Å². The molecule has 1 unspecified atom stereocenters. The van der Waals surface area contributed by atoms with Crippen molar-refractivity contribution in [3.05, 3.63) is 57.1 Å². The molecule has 2 aromatic heterocycles. The lowest BCUT2D eigenvalue weighted by Crippen LogP contribution is -2.26. The van der Waals surface area contributed by atoms with E-state index >= 15 is 0 Å². The fourth-order valence-electron chi connectivity index (χ4n) is 2.39. The van der Waals surface area contributed by atoms with Crippen LogP contribution in [-0.4, -0.2) is 14.8 Å². The third-order valence-corrected chi connectivity index (χ3v) is 3.63. The van der Waals surface area contributed by atoms with Crippen molar-refractivity contribution in [1.29, 1.82) is 0 Å². The van der Waals surface area contributed by atoms with Gasteiger partial charge in [0.15, 0.2) is 5.82 Å². The van der Waals surface area contributed by atoms with Gasteiger partial charge in [-0.3, -0.25) is 14.5 Å². The number of halogens is 1. The smallest absolute Gasteiger partial charge is 0.264 e. The lowest BCUT2D eigenvalue weighted by atomic mass is 10.1. The molecule has 1 aromatic carbocycles. The molecule has 0 amide bonds. The molecule has 6 heteroatoms. The summed E-state index contributed by atoms with van der Waals surface area (Å²) in [7, 11) is 0. The summed E-state index contributed by atoms with van der Waals surface area (Å²) in [5, 5.41) is 8.91. The number of hydrogen-bond donors (Lipinski definition) is 2. The summed E-state index contributed by atoms with van der Waals surface area (Å²) in [6.07, 6.45) is 0. The monoisotopic (exact) mass is 302 g/mol. The summed E-state index contributed by atoms with van der Waals surface area (Å²) >= 11 is 6.00. The first-order valence-electron chi connectivity index (χ1n) is 6.60. The van der Waals surface area contributed by atoms with E-state index in [1.807, 2.05) is 32.0 Å². The van der Waals surface area contributed by atoms with Crippen molar-refractivity contribution in [2.45, 2.75) is 19.9 Å². The summed E-state index contributed by atoms with van der Waals surface area (Å²) in [5.41, 5.74) is 7.44. The maximum atomic E-state index is 12.8. The maximum absolute atomic E-state index is 12.8. The summed E-state index contributed by atoms with van der Waals surface area (Å²) in [6.45, 7) is 3.72. The lowest BCUT2D eigenvalue weighted by Gasteiger charge is -2.15. The highest BCUT2D eigenvalue weighted by Crippen LogP contribution is 2.21. The van der Waals surface area contributed by atoms with Gasteiger partial charge in [-0.1, -0.05) is 17.7 Å². The average Bonchev–Trinajstić information content (AvgIpc) is 2.85. The van der Waals surface area contributed by atoms with Crippen LogP contribution in [0.25, 0.3) is 16.6 Å². The zero-order valence-electron chi connectivity index (χ0n) is 11.7. The van der Waals surface area contributed by atoms with Crippen LogP contribution in [0.3, 0.4) is 0 Å². The standard InChI is InChI=1S/C15H15ClN4O/c1-8-5-14(19-18-8)20-13(9(2)17)6-10-3-4-11(16)7-12(10)15(20)21/h3-7,9H,17H2,1-2H3,(H,18,19). The molecule has 0 aliphatic heterocycles. The normalized spacial score (nSPS) is 12.8. The molecule has 1 atom stereocenters. The van der Waals surface area contributed by atoms with Crippen LogP contribution in [0.5, 0.6) is 0 Å². The number of benzene rings is 1. The number of nitrogens with two attached hydrogens (primary N) is 1. The van der Waals surface area contributed by atoms with Gasteiger partial charge in [0.25, 0.3) is 5.56 Å². The molecule has 0 aliphatic rings. The molecule has 2 heterocycles. The van der Waals surface area contributed by atoms with E-state index in [2.05, 4.69) is 10.2 Å². The Kier molecular flexibility index (Phi) is 3.31. The zero-order chi connectivity index (χ0) is 15.1. The van der Waals surface area contributed by atoms with E-state index in [9.17, 15) is 4.79 Å². The Labute approximate surface area is 126 Å². The minimum Gasteiger partial charge on any atom is -0.323 e. The number of nitrogens with one attached hydrogen (secondary N) is 1. The number of aryl methyl sites for hydroxylation is 1. The van der Waals surface area contributed by atoms with Crippen LogP contribution in [0.1, 0.15) is 24.4 Å². The lowest BCUT2D eigenvalue weighted by molar-refractivity contribution is 0.724. The Morgan fingerprint density at radius 3 is 2.71 bits per heavy atom. The fourth-order valence-corrected chi connectivity index (χ4v) is 2.56. The molecule has 5 nitrogen and oxygen atoms in total. The fraction of sp³-hybridized carbons (Fsp3) is 0.200. The molecule has 0 spiro atoms. The van der Waals surface area contributed by atoms with Crippen LogP contribution in [-0.2, 0) is 0 Å². The number of aromatic amines is 1. The quantitative estimate of drug-likeness (QED) is 0.764. The van der Waals surface area contributed by atoms with Crippen LogP contribution >= 0.6 is 11.6 Å². The van der Waals surface area contributed by atoms with Crippen molar-refractivity contribution in [2.24, 2.45) is 5.73 Å². The first kappa shape index (κ1) is 13.9. The molecule has 0 aliphatic carbocycles. The van der Waals surface area contributed by atoms with E-state index in [1.165, 1.54) is 4.57 Å². The van der Waals surface area contributed by atoms with Gasteiger partial charge in [-0.25, -0.2) is 0 Å². The molecule has 0 bridgehead atoms. The second-order valence-corrected chi connectivity index (χ2v) is 5.58. The Balaban J connectivity index is 2.42. The SMILES string of the molecule is Cc1cc(-n2c(C(C)N)cc3ccc(Cl)cc3c2=O)n[nH]1. The molecule has 21 heavy (non-hydrogen) atoms. The predicted molar refractivity (Wildman–Crippen MR) is 84.0 cm³/mol. The van der Waals surface area contributed by atoms with Crippen LogP contribution in [0.15, 0.2) is 35.1 Å². The minimum absolute atomic E-state index is 0.172. The molecule has 0 saturated heterocycles. The first-order chi connectivity index (χ1) is 9.97. The number of rotatable bonds is 2. The Morgan fingerprint density at radius 2 is 2.10 bits per heavy atom. The van der Waals surface area contributed by atoms with E-state index in [0.717, 1.165) is 11.1 Å². The topological polar surface area (TPSA) is 76.7 Å². The van der Waals surface area contributed by atoms with Gasteiger partial charge in [-0.2, -0.15) is 5.10 Å². The van der Waals surface area contributed by atoms with E-state index in [1.54, 1.807) is 12.1 Å². The van der Waals surface area contributed by atoms with Gasteiger partial charge < -0.3 is 5.73 Å². The van der Waals surface area contributed by atoms with Crippen LogP contribution < -0.4 is 11.3 Å². The summed E-state index contributed by atoms with van der Waals surface area (Å²) in [4.78, 5) is 12.8. The maximum Gasteiger partial charge on any atom is 0.264 e. The van der Waals surface area contributed by atoms with Gasteiger partial charge >= 0.3 is 0 Å². The summed E-state index contributed by atoms with van der Waals surface area (Å²) < 4.78 is 1.53. The van der Waals surface area contributed by atoms with E-state index < -0.39 is 0 Å². The van der Waals surface area contributed by atoms with Gasteiger partial charge in [0.2, 0.25) is 0 Å². The number of pyridine rings is 1. The van der Waals surface area contributed by atoms with Gasteiger partial charge in [-0.05, 0) is 37.4 Å². The molecule has 3 N–H and O–H groups in total. The molecular formula is C15H15ClN4O. The Morgan fingerprint density at radius 1 is 1.33 bits per heavy atom. The highest BCUT2D eigenvalue weighted by molar-refractivity contribution is 6.31. The largest absolute Gasteiger partial charge is 0.323 e. The summed E-state index contributed by atoms with van der Waals surface area (Å²) in [5.74, 6) is 0.534. The molecule has 3 aromatic rings. The zero-order valence-corrected chi connectivity index (χ0v) is 12.5. The summed E-state index contributed by atoms with van der Waals surface area (Å²) in [6, 6.07) is 8.67. The molecule has 0 saturated carbocycles. The first-order valence-corrected chi connectivity index (χ1v) is 6.98. The number of H-pyrrole nitrogens is 1. The van der Waals surface area contributed by atoms with Gasteiger partial charge in [0, 0.05) is 33.9 Å². The Bertz CT molecular complexity index is 879. The molecule has 3 rings (SSSR count). The predicted octanol–water partition coefficient (Wildman–Crippen LogP) is 2.70. The van der Waals surface area contributed by atoms with E-state index in [0.29, 0.717) is 21.9 Å². The van der Waals surface area contributed by atoms with Crippen LogP contribution in [0.4, 0.5) is 0 Å². The van der Waals surface area contributed by atoms with E-state index in [4.69, 9.17) is 17.3 Å². The van der Waals surface area contributed by atoms with Gasteiger partial charge in [-0.15, -0.1) is 0 Å². The van der Waals surface area contributed by atoms with Crippen molar-refractivity contribution >= 4 is 22.4 Å². The van der Waals surface area contributed by atoms with Crippen molar-refractivity contribution in [3.63, 3.8) is 0 Å². The third-order valence-electron chi connectivity index (χ3n) is 3.40. The highest BCUT2D eigenvalue weighted by Gasteiger charge is 2.15. The van der Waals surface area contributed by atoms with E-state index in [-0.39, 0.29) is 11.6 Å². The Hall–Kier alpha value is -2.11. The third kappa shape index (κ3) is 2.34. The molecule has 108 valence electrons. The average molecular weight is 303 g/mol. The molecule has 0 fully saturated rings. The van der Waals surface area contributed by atoms with Crippen LogP contribution in [0.2, 0.25) is 5.02 Å². The number of hydrogen-bond acceptors (Lipinski definition) is 3. The van der Waals surface area contributed by atoms with Crippen LogP contribution in [0, 0.1) is 6.92 Å². The number of aromatic nitrogens is 3. The highest BCUT2D eigenvalue weighted by atomic mass is 35.5. The number of fused-ring (bicyclic) bond motifs is 1. The second-order valence-electron chi connectivity index (χ2n) is 5.14. The van der Waals surface area contributed by atoms with Crippen molar-refractivity contribution in [3.8, 4) is 5.82 Å². The number of nitrogens with zero attached hydrogens (tertiary/aromatic N) is 2. The van der Waals surface area contributed by atoms with Gasteiger partial charge in [0.1, 0.15) is 0 Å². The molecular weight excluding hydrogens is 288 g/mol. The minimum atomic E-state index is -0.296. The van der Waals surface area contributed by atoms with Gasteiger partial charge in [0.05, 0.1) is 0 Å². The van der Waals surface area contributed by atoms with Crippen molar-refractivity contribution in [2.75, 3.05) is 0 Å². The molecule has 0 radical (unpaired) electrons. The van der Waals surface area contributed by atoms with Crippen molar-refractivity contribution < 1.29 is 0 Å². The second kappa shape index (κ2) is 5.02.